The summed E-state index contributed by atoms with van der Waals surface area (Å²) >= 11 is 6.21. The lowest BCUT2D eigenvalue weighted by Gasteiger charge is -2.45. The average molecular weight is 580 g/mol. The fourth-order valence-corrected chi connectivity index (χ4v) is 7.19. The molecule has 6 nitrogen and oxygen atoms in total. The molecule has 3 atom stereocenters. The fourth-order valence-electron chi connectivity index (χ4n) is 7.06. The molecule has 2 saturated heterocycles. The van der Waals surface area contributed by atoms with Gasteiger partial charge in [0.2, 0.25) is 11.8 Å². The third-order valence-corrected chi connectivity index (χ3v) is 10.1. The van der Waals surface area contributed by atoms with Crippen LogP contribution in [0.1, 0.15) is 71.3 Å². The molecule has 5 rings (SSSR count). The Hall–Kier alpha value is -2.57. The van der Waals surface area contributed by atoms with Crippen molar-refractivity contribution in [3.63, 3.8) is 0 Å². The molecule has 3 fully saturated rings. The van der Waals surface area contributed by atoms with Gasteiger partial charge in [-0.2, -0.15) is 0 Å². The number of hydrogen-bond donors (Lipinski definition) is 1. The van der Waals surface area contributed by atoms with Crippen molar-refractivity contribution in [1.29, 1.82) is 0 Å². The van der Waals surface area contributed by atoms with Crippen LogP contribution in [0, 0.1) is 16.7 Å². The van der Waals surface area contributed by atoms with Crippen molar-refractivity contribution in [2.24, 2.45) is 16.7 Å². The number of aliphatic hydroxyl groups excluding tert-OH is 1. The number of rotatable bonds is 7. The van der Waals surface area contributed by atoms with E-state index in [0.717, 1.165) is 49.9 Å². The van der Waals surface area contributed by atoms with Gasteiger partial charge in [-0.3, -0.25) is 9.59 Å². The summed E-state index contributed by atoms with van der Waals surface area (Å²) in [6, 6.07) is 18.4. The van der Waals surface area contributed by atoms with Crippen molar-refractivity contribution in [1.82, 2.24) is 9.80 Å². The zero-order valence-electron chi connectivity index (χ0n) is 25.1. The minimum atomic E-state index is -0.842. The SMILES string of the molecule is CC1(C)CCC(N(C(=O)C(C)(C)CO)[C@H]2CCN(C(=O)C3CN(c4ccccc4)C[C@H]3c3ccc(Cl)cc3)C2)CC1. The molecule has 2 amide bonds. The average Bonchev–Trinajstić information content (AvgIpc) is 3.63. The molecule has 7 heteroatoms. The summed E-state index contributed by atoms with van der Waals surface area (Å²) < 4.78 is 0. The molecule has 2 aliphatic heterocycles. The van der Waals surface area contributed by atoms with Gasteiger partial charge < -0.3 is 19.8 Å². The van der Waals surface area contributed by atoms with Crippen molar-refractivity contribution in [3.05, 3.63) is 65.2 Å². The second-order valence-corrected chi connectivity index (χ2v) is 14.3. The summed E-state index contributed by atoms with van der Waals surface area (Å²) in [5.74, 6) is 0.0675. The molecule has 1 saturated carbocycles. The van der Waals surface area contributed by atoms with Crippen LogP contribution in [0.2, 0.25) is 5.02 Å². The maximum absolute atomic E-state index is 14.3. The van der Waals surface area contributed by atoms with Gasteiger partial charge in [0.1, 0.15) is 0 Å². The first-order valence-electron chi connectivity index (χ1n) is 15.3. The molecule has 222 valence electrons. The molecule has 2 aromatic carbocycles. The lowest BCUT2D eigenvalue weighted by Crippen LogP contribution is -2.55. The highest BCUT2D eigenvalue weighted by Crippen LogP contribution is 2.41. The van der Waals surface area contributed by atoms with Gasteiger partial charge in [0.15, 0.2) is 0 Å². The summed E-state index contributed by atoms with van der Waals surface area (Å²) in [5.41, 5.74) is 1.71. The second kappa shape index (κ2) is 12.0. The van der Waals surface area contributed by atoms with Crippen molar-refractivity contribution < 1.29 is 14.7 Å². The molecule has 1 N–H and O–H groups in total. The molecule has 3 aliphatic rings. The number of nitrogens with zero attached hydrogens (tertiary/aromatic N) is 3. The van der Waals surface area contributed by atoms with E-state index >= 15 is 0 Å². The van der Waals surface area contributed by atoms with E-state index in [1.165, 1.54) is 0 Å². The Morgan fingerprint density at radius 2 is 1.61 bits per heavy atom. The molecule has 2 aromatic rings. The van der Waals surface area contributed by atoms with Crippen molar-refractivity contribution in [2.45, 2.75) is 77.8 Å². The number of anilines is 1. The molecule has 0 spiro atoms. The van der Waals surface area contributed by atoms with Gasteiger partial charge in [-0.05, 0) is 81.2 Å². The van der Waals surface area contributed by atoms with Gasteiger partial charge in [0.25, 0.3) is 0 Å². The second-order valence-electron chi connectivity index (χ2n) is 13.9. The number of carbonyl (C=O) groups is 2. The van der Waals surface area contributed by atoms with Crippen LogP contribution < -0.4 is 4.90 Å². The summed E-state index contributed by atoms with van der Waals surface area (Å²) in [4.78, 5) is 34.6. The van der Waals surface area contributed by atoms with E-state index in [1.54, 1.807) is 0 Å². The van der Waals surface area contributed by atoms with Crippen LogP contribution >= 0.6 is 11.6 Å². The largest absolute Gasteiger partial charge is 0.395 e. The first-order valence-corrected chi connectivity index (χ1v) is 15.6. The van der Waals surface area contributed by atoms with E-state index in [9.17, 15) is 14.7 Å². The standard InChI is InChI=1S/C34H46ClN3O3/c1-33(2)17-14-27(15-18-33)38(32(41)34(3,4)23-39)28-16-19-36(20-28)31(40)30-22-37(26-8-6-5-7-9-26)21-29(30)24-10-12-25(35)13-11-24/h5-13,27-30,39H,14-23H2,1-4H3/t28-,29-,30?/m0/s1. The van der Waals surface area contributed by atoms with Gasteiger partial charge in [-0.1, -0.05) is 55.8 Å². The molecular weight excluding hydrogens is 534 g/mol. The topological polar surface area (TPSA) is 64.1 Å². The number of carbonyl (C=O) groups excluding carboxylic acids is 2. The van der Waals surface area contributed by atoms with Crippen LogP contribution in [0.4, 0.5) is 5.69 Å². The predicted molar refractivity (Wildman–Crippen MR) is 165 cm³/mol. The Morgan fingerprint density at radius 1 is 0.951 bits per heavy atom. The van der Waals surface area contributed by atoms with Crippen LogP contribution in [-0.4, -0.2) is 71.6 Å². The minimum Gasteiger partial charge on any atom is -0.395 e. The number of aliphatic hydroxyl groups is 1. The Balaban J connectivity index is 1.36. The molecule has 0 radical (unpaired) electrons. The van der Waals surface area contributed by atoms with E-state index in [0.29, 0.717) is 30.1 Å². The summed E-state index contributed by atoms with van der Waals surface area (Å²) in [6.07, 6.45) is 4.88. The summed E-state index contributed by atoms with van der Waals surface area (Å²) in [7, 11) is 0. The maximum Gasteiger partial charge on any atom is 0.231 e. The van der Waals surface area contributed by atoms with Gasteiger partial charge in [-0.15, -0.1) is 0 Å². The Bertz CT molecular complexity index is 1210. The Morgan fingerprint density at radius 3 is 2.24 bits per heavy atom. The minimum absolute atomic E-state index is 0.0131. The Labute approximate surface area is 250 Å². The molecule has 0 aromatic heterocycles. The lowest BCUT2D eigenvalue weighted by molar-refractivity contribution is -0.149. The van der Waals surface area contributed by atoms with Crippen molar-refractivity contribution in [3.8, 4) is 0 Å². The number of likely N-dealkylation sites (tertiary alicyclic amines) is 1. The monoisotopic (exact) mass is 579 g/mol. The first kappa shape index (κ1) is 29.9. The molecular formula is C34H46ClN3O3. The summed E-state index contributed by atoms with van der Waals surface area (Å²) in [5, 5.41) is 10.8. The van der Waals surface area contributed by atoms with E-state index in [4.69, 9.17) is 11.6 Å². The van der Waals surface area contributed by atoms with Crippen LogP contribution in [-0.2, 0) is 9.59 Å². The van der Waals surface area contributed by atoms with Gasteiger partial charge in [0.05, 0.1) is 24.0 Å². The molecule has 1 aliphatic carbocycles. The van der Waals surface area contributed by atoms with Gasteiger partial charge >= 0.3 is 0 Å². The van der Waals surface area contributed by atoms with E-state index in [1.807, 2.05) is 49.1 Å². The number of hydrogen-bond acceptors (Lipinski definition) is 4. The molecule has 41 heavy (non-hydrogen) atoms. The predicted octanol–water partition coefficient (Wildman–Crippen LogP) is 5.98. The number of benzene rings is 2. The number of amides is 2. The quantitative estimate of drug-likeness (QED) is 0.438. The lowest BCUT2D eigenvalue weighted by atomic mass is 9.74. The number of para-hydroxylation sites is 1. The normalized spacial score (nSPS) is 25.0. The highest BCUT2D eigenvalue weighted by molar-refractivity contribution is 6.30. The van der Waals surface area contributed by atoms with Gasteiger partial charge in [0, 0.05) is 48.8 Å². The van der Waals surface area contributed by atoms with Crippen molar-refractivity contribution in [2.75, 3.05) is 37.7 Å². The Kier molecular flexibility index (Phi) is 8.73. The number of halogens is 1. The fraction of sp³-hybridized carbons (Fsp3) is 0.588. The van der Waals surface area contributed by atoms with E-state index < -0.39 is 5.41 Å². The third-order valence-electron chi connectivity index (χ3n) is 9.84. The van der Waals surface area contributed by atoms with Crippen LogP contribution in [0.5, 0.6) is 0 Å². The smallest absolute Gasteiger partial charge is 0.231 e. The first-order chi connectivity index (χ1) is 19.5. The maximum atomic E-state index is 14.3. The third kappa shape index (κ3) is 6.44. The van der Waals surface area contributed by atoms with Crippen LogP contribution in [0.15, 0.2) is 54.6 Å². The van der Waals surface area contributed by atoms with Gasteiger partial charge in [-0.25, -0.2) is 0 Å². The van der Waals surface area contributed by atoms with Crippen LogP contribution in [0.3, 0.4) is 0 Å². The summed E-state index contributed by atoms with van der Waals surface area (Å²) in [6.45, 7) is 10.7. The zero-order valence-corrected chi connectivity index (χ0v) is 25.8. The molecule has 0 bridgehead atoms. The van der Waals surface area contributed by atoms with Crippen LogP contribution in [0.25, 0.3) is 0 Å². The van der Waals surface area contributed by atoms with E-state index in [2.05, 4.69) is 47.9 Å². The molecule has 1 unspecified atom stereocenters. The highest BCUT2D eigenvalue weighted by Gasteiger charge is 2.46. The molecule has 2 heterocycles. The highest BCUT2D eigenvalue weighted by atomic mass is 35.5. The van der Waals surface area contributed by atoms with E-state index in [-0.39, 0.29) is 42.3 Å². The van der Waals surface area contributed by atoms with Crippen molar-refractivity contribution >= 4 is 29.1 Å². The zero-order chi connectivity index (χ0) is 29.4.